The monoisotopic (exact) mass is 317 g/mol. The number of rotatable bonds is 16. The van der Waals surface area contributed by atoms with Crippen molar-refractivity contribution in [2.24, 2.45) is 0 Å². The molecule has 0 saturated carbocycles. The van der Waals surface area contributed by atoms with Crippen LogP contribution in [0, 0.1) is 0 Å². The molecule has 0 heterocycles. The highest BCUT2D eigenvalue weighted by Crippen LogP contribution is 2.10. The number of unbranched alkanes of at least 4 members (excludes halogenated alkanes) is 9. The summed E-state index contributed by atoms with van der Waals surface area (Å²) in [6.45, 7) is 2.72. The van der Waals surface area contributed by atoms with Crippen molar-refractivity contribution in [1.82, 2.24) is 4.90 Å². The minimum atomic E-state index is -0.891. The molecule has 0 aliphatic heterocycles. The number of hydrogen-bond acceptors (Lipinski definition) is 4. The predicted molar refractivity (Wildman–Crippen MR) is 89.0 cm³/mol. The third kappa shape index (κ3) is 14.3. The van der Waals surface area contributed by atoms with Gasteiger partial charge in [-0.2, -0.15) is 0 Å². The van der Waals surface area contributed by atoms with Gasteiger partial charge in [-0.15, -0.1) is 0 Å². The first-order valence-electron chi connectivity index (χ1n) is 8.83. The van der Waals surface area contributed by atoms with Gasteiger partial charge in [0.2, 0.25) is 0 Å². The van der Waals surface area contributed by atoms with Crippen LogP contribution in [0.15, 0.2) is 0 Å². The topological polar surface area (TPSA) is 81.0 Å². The van der Waals surface area contributed by atoms with Crippen molar-refractivity contribution in [2.45, 2.75) is 77.2 Å². The molecule has 0 aromatic carbocycles. The van der Waals surface area contributed by atoms with Crippen molar-refractivity contribution >= 4 is 5.97 Å². The maximum atomic E-state index is 10.8. The van der Waals surface area contributed by atoms with Crippen LogP contribution < -0.4 is 0 Å². The van der Waals surface area contributed by atoms with E-state index in [1.807, 2.05) is 0 Å². The Morgan fingerprint density at radius 3 is 1.91 bits per heavy atom. The lowest BCUT2D eigenvalue weighted by atomic mass is 10.1. The van der Waals surface area contributed by atoms with E-state index in [1.165, 1.54) is 51.4 Å². The van der Waals surface area contributed by atoms with E-state index in [9.17, 15) is 9.90 Å². The van der Waals surface area contributed by atoms with Gasteiger partial charge in [-0.3, -0.25) is 9.69 Å². The highest BCUT2D eigenvalue weighted by molar-refractivity contribution is 5.69. The molecule has 1 unspecified atom stereocenters. The van der Waals surface area contributed by atoms with Gasteiger partial charge in [0.05, 0.1) is 19.3 Å². The van der Waals surface area contributed by atoms with Gasteiger partial charge in [0.1, 0.15) is 0 Å². The Bertz CT molecular complexity index is 261. The van der Waals surface area contributed by atoms with Crippen molar-refractivity contribution < 1.29 is 20.1 Å². The molecule has 0 aliphatic carbocycles. The lowest BCUT2D eigenvalue weighted by Crippen LogP contribution is -2.38. The molecular formula is C17H35NO4. The average molecular weight is 317 g/mol. The molecule has 132 valence electrons. The minimum absolute atomic E-state index is 0.0749. The van der Waals surface area contributed by atoms with Crippen LogP contribution in [0.2, 0.25) is 0 Å². The van der Waals surface area contributed by atoms with Gasteiger partial charge in [-0.05, 0) is 13.0 Å². The van der Waals surface area contributed by atoms with E-state index < -0.39 is 12.1 Å². The fourth-order valence-electron chi connectivity index (χ4n) is 2.60. The number of aliphatic hydroxyl groups excluding tert-OH is 2. The van der Waals surface area contributed by atoms with Gasteiger partial charge in [0, 0.05) is 6.54 Å². The molecule has 0 aromatic rings. The van der Waals surface area contributed by atoms with Crippen LogP contribution in [0.3, 0.4) is 0 Å². The summed E-state index contributed by atoms with van der Waals surface area (Å²) in [6.07, 6.45) is 11.6. The molecule has 0 aliphatic rings. The van der Waals surface area contributed by atoms with E-state index in [0.717, 1.165) is 12.8 Å². The number of carbonyl (C=O) groups is 1. The molecular weight excluding hydrogens is 282 g/mol. The van der Waals surface area contributed by atoms with Gasteiger partial charge >= 0.3 is 5.97 Å². The van der Waals surface area contributed by atoms with Crippen LogP contribution >= 0.6 is 0 Å². The van der Waals surface area contributed by atoms with Gasteiger partial charge in [-0.25, -0.2) is 0 Å². The molecule has 0 fully saturated rings. The molecule has 0 spiro atoms. The van der Waals surface area contributed by atoms with Crippen molar-refractivity contribution in [3.05, 3.63) is 0 Å². The summed E-state index contributed by atoms with van der Waals surface area (Å²) in [6, 6.07) is 0. The summed E-state index contributed by atoms with van der Waals surface area (Å²) in [5, 5.41) is 27.1. The maximum Gasteiger partial charge on any atom is 0.317 e. The zero-order valence-corrected chi connectivity index (χ0v) is 14.2. The molecule has 5 heteroatoms. The summed E-state index contributed by atoms with van der Waals surface area (Å²) in [7, 11) is 0. The summed E-state index contributed by atoms with van der Waals surface area (Å²) in [5.41, 5.74) is 0. The zero-order chi connectivity index (χ0) is 16.6. The lowest BCUT2D eigenvalue weighted by molar-refractivity contribution is -0.138. The first-order valence-corrected chi connectivity index (χ1v) is 8.83. The molecule has 3 N–H and O–H groups in total. The number of carboxylic acids is 1. The van der Waals surface area contributed by atoms with Crippen molar-refractivity contribution in [1.29, 1.82) is 0 Å². The fraction of sp³-hybridized carbons (Fsp3) is 0.941. The largest absolute Gasteiger partial charge is 0.480 e. The van der Waals surface area contributed by atoms with E-state index in [-0.39, 0.29) is 19.7 Å². The summed E-state index contributed by atoms with van der Waals surface area (Å²) in [5.74, 6) is -0.891. The third-order valence-corrected chi connectivity index (χ3v) is 3.87. The molecule has 5 nitrogen and oxygen atoms in total. The highest BCUT2D eigenvalue weighted by atomic mass is 16.4. The Morgan fingerprint density at radius 2 is 1.45 bits per heavy atom. The second-order valence-corrected chi connectivity index (χ2v) is 6.15. The van der Waals surface area contributed by atoms with E-state index in [0.29, 0.717) is 6.54 Å². The second-order valence-electron chi connectivity index (χ2n) is 6.15. The van der Waals surface area contributed by atoms with Crippen LogP contribution in [0.1, 0.15) is 71.1 Å². The van der Waals surface area contributed by atoms with Crippen molar-refractivity contribution in [3.63, 3.8) is 0 Å². The molecule has 1 atom stereocenters. The summed E-state index contributed by atoms with van der Waals surface area (Å²) < 4.78 is 0. The number of aliphatic hydroxyl groups is 2. The Hall–Kier alpha value is -0.650. The maximum absolute atomic E-state index is 10.8. The van der Waals surface area contributed by atoms with Gasteiger partial charge in [0.25, 0.3) is 0 Å². The van der Waals surface area contributed by atoms with Gasteiger partial charge in [-0.1, -0.05) is 64.7 Å². The lowest BCUT2D eigenvalue weighted by Gasteiger charge is -2.22. The van der Waals surface area contributed by atoms with Crippen LogP contribution in [0.5, 0.6) is 0 Å². The summed E-state index contributed by atoms with van der Waals surface area (Å²) >= 11 is 0. The van der Waals surface area contributed by atoms with Crippen LogP contribution in [0.25, 0.3) is 0 Å². The molecule has 0 amide bonds. The fourth-order valence-corrected chi connectivity index (χ4v) is 2.60. The molecule has 0 saturated heterocycles. The average Bonchev–Trinajstić information content (AvgIpc) is 2.48. The van der Waals surface area contributed by atoms with Gasteiger partial charge in [0.15, 0.2) is 0 Å². The molecule has 0 bridgehead atoms. The van der Waals surface area contributed by atoms with Crippen LogP contribution in [-0.4, -0.2) is 58.5 Å². The minimum Gasteiger partial charge on any atom is -0.480 e. The first kappa shape index (κ1) is 21.4. The normalized spacial score (nSPS) is 12.7. The number of nitrogens with zero attached hydrogens (tertiary/aromatic N) is 1. The van der Waals surface area contributed by atoms with E-state index >= 15 is 0 Å². The number of carboxylic acid groups (broad SMARTS) is 1. The molecule has 0 rings (SSSR count). The van der Waals surface area contributed by atoms with E-state index in [1.54, 1.807) is 4.90 Å². The first-order chi connectivity index (χ1) is 10.6. The SMILES string of the molecule is CCCCCCCCCCCCN(CC(=O)O)CC(O)CO. The van der Waals surface area contributed by atoms with Crippen molar-refractivity contribution in [2.75, 3.05) is 26.2 Å². The van der Waals surface area contributed by atoms with Crippen LogP contribution in [-0.2, 0) is 4.79 Å². The third-order valence-electron chi connectivity index (χ3n) is 3.87. The Morgan fingerprint density at radius 1 is 0.955 bits per heavy atom. The van der Waals surface area contributed by atoms with Gasteiger partial charge < -0.3 is 15.3 Å². The van der Waals surface area contributed by atoms with Crippen molar-refractivity contribution in [3.8, 4) is 0 Å². The molecule has 0 aromatic heterocycles. The Kier molecular flexibility index (Phi) is 14.8. The molecule has 0 radical (unpaired) electrons. The zero-order valence-electron chi connectivity index (χ0n) is 14.2. The predicted octanol–water partition coefficient (Wildman–Crippen LogP) is 2.65. The Balaban J connectivity index is 3.56. The summed E-state index contributed by atoms with van der Waals surface area (Å²) in [4.78, 5) is 12.5. The van der Waals surface area contributed by atoms with Crippen LogP contribution in [0.4, 0.5) is 0 Å². The smallest absolute Gasteiger partial charge is 0.317 e. The molecule has 22 heavy (non-hydrogen) atoms. The second kappa shape index (κ2) is 15.3. The number of hydrogen-bond donors (Lipinski definition) is 3. The Labute approximate surface area is 135 Å². The van der Waals surface area contributed by atoms with E-state index in [2.05, 4.69) is 6.92 Å². The van der Waals surface area contributed by atoms with E-state index in [4.69, 9.17) is 10.2 Å². The quantitative estimate of drug-likeness (QED) is 0.381. The highest BCUT2D eigenvalue weighted by Gasteiger charge is 2.13. The number of aliphatic carboxylic acids is 1. The standard InChI is InChI=1S/C17H35NO4/c1-2-3-4-5-6-7-8-9-10-11-12-18(14-17(21)22)13-16(20)15-19/h16,19-20H,2-15H2,1H3,(H,21,22).